The summed E-state index contributed by atoms with van der Waals surface area (Å²) < 4.78 is 0. The van der Waals surface area contributed by atoms with Gasteiger partial charge in [-0.15, -0.1) is 23.7 Å². The van der Waals surface area contributed by atoms with Crippen LogP contribution in [-0.2, 0) is 16.0 Å². The van der Waals surface area contributed by atoms with Crippen LogP contribution in [0.1, 0.15) is 44.4 Å². The Morgan fingerprint density at radius 1 is 1.31 bits per heavy atom. The first-order valence-corrected chi connectivity index (χ1v) is 10.2. The Morgan fingerprint density at radius 2 is 1.96 bits per heavy atom. The molecule has 3 N–H and O–H groups in total. The van der Waals surface area contributed by atoms with Crippen molar-refractivity contribution >= 4 is 35.6 Å². The Bertz CT molecular complexity index is 545. The summed E-state index contributed by atoms with van der Waals surface area (Å²) in [6, 6.07) is 4.12. The van der Waals surface area contributed by atoms with Gasteiger partial charge in [0.25, 0.3) is 0 Å². The molecule has 0 saturated carbocycles. The van der Waals surface area contributed by atoms with Crippen molar-refractivity contribution in [2.45, 2.75) is 46.0 Å². The maximum absolute atomic E-state index is 12.8. The quantitative estimate of drug-likeness (QED) is 0.703. The van der Waals surface area contributed by atoms with Crippen molar-refractivity contribution in [3.8, 4) is 0 Å². The summed E-state index contributed by atoms with van der Waals surface area (Å²) in [5.41, 5.74) is 5.46. The van der Waals surface area contributed by atoms with Gasteiger partial charge >= 0.3 is 0 Å². The highest BCUT2D eigenvalue weighted by Crippen LogP contribution is 2.30. The van der Waals surface area contributed by atoms with Gasteiger partial charge in [0.15, 0.2) is 0 Å². The molecule has 2 amide bonds. The van der Waals surface area contributed by atoms with Gasteiger partial charge in [0, 0.05) is 37.0 Å². The summed E-state index contributed by atoms with van der Waals surface area (Å²) >= 11 is 1.72. The van der Waals surface area contributed by atoms with Gasteiger partial charge in [0.1, 0.15) is 0 Å². The maximum Gasteiger partial charge on any atom is 0.230 e. The molecule has 1 aliphatic rings. The number of carbonyl (C=O) groups excluding carboxylic acids is 2. The number of nitrogens with one attached hydrogen (secondary N) is 1. The number of likely N-dealkylation sites (tertiary alicyclic amines) is 1. The third kappa shape index (κ3) is 5.44. The second kappa shape index (κ2) is 10.9. The van der Waals surface area contributed by atoms with Crippen molar-refractivity contribution in [3.63, 3.8) is 0 Å². The molecular formula is C19H32ClN3O2S. The molecule has 1 aromatic rings. The lowest BCUT2D eigenvalue weighted by Gasteiger charge is -2.38. The summed E-state index contributed by atoms with van der Waals surface area (Å²) in [6.45, 7) is 6.44. The van der Waals surface area contributed by atoms with Crippen molar-refractivity contribution in [2.24, 2.45) is 17.1 Å². The molecule has 1 aromatic heterocycles. The van der Waals surface area contributed by atoms with E-state index in [1.54, 1.807) is 11.3 Å². The smallest absolute Gasteiger partial charge is 0.230 e. The van der Waals surface area contributed by atoms with E-state index < -0.39 is 5.41 Å². The minimum atomic E-state index is -0.435. The highest BCUT2D eigenvalue weighted by atomic mass is 35.5. The van der Waals surface area contributed by atoms with E-state index in [9.17, 15) is 9.59 Å². The molecule has 0 unspecified atom stereocenters. The van der Waals surface area contributed by atoms with Crippen LogP contribution in [0.4, 0.5) is 0 Å². The maximum atomic E-state index is 12.8. The molecule has 0 aliphatic carbocycles. The van der Waals surface area contributed by atoms with Crippen LogP contribution in [0.25, 0.3) is 0 Å². The summed E-state index contributed by atoms with van der Waals surface area (Å²) in [5.74, 6) is 0.305. The fourth-order valence-corrected chi connectivity index (χ4v) is 4.23. The van der Waals surface area contributed by atoms with Crippen molar-refractivity contribution < 1.29 is 9.59 Å². The van der Waals surface area contributed by atoms with E-state index in [-0.39, 0.29) is 30.1 Å². The second-order valence-corrected chi connectivity index (χ2v) is 7.91. The topological polar surface area (TPSA) is 75.4 Å². The summed E-state index contributed by atoms with van der Waals surface area (Å²) in [6.07, 6.45) is 3.89. The fourth-order valence-electron chi connectivity index (χ4n) is 3.52. The number of hydrogen-bond acceptors (Lipinski definition) is 4. The second-order valence-electron chi connectivity index (χ2n) is 6.88. The number of amides is 2. The standard InChI is InChI=1S/C19H31N3O2S.ClH/c1-3-19(4-2,14-20)18(24)22-11-8-15(9-12-22)17(23)21-10-7-16-6-5-13-25-16;/h5-6,13,15H,3-4,7-12,14,20H2,1-2H3,(H,21,23);1H. The lowest BCUT2D eigenvalue weighted by Crippen LogP contribution is -2.51. The lowest BCUT2D eigenvalue weighted by molar-refractivity contribution is -0.145. The van der Waals surface area contributed by atoms with Gasteiger partial charge in [-0.1, -0.05) is 19.9 Å². The molecule has 0 radical (unpaired) electrons. The van der Waals surface area contributed by atoms with E-state index in [1.807, 2.05) is 24.8 Å². The van der Waals surface area contributed by atoms with Gasteiger partial charge in [0.2, 0.25) is 11.8 Å². The monoisotopic (exact) mass is 401 g/mol. The van der Waals surface area contributed by atoms with Gasteiger partial charge in [0.05, 0.1) is 5.41 Å². The average molecular weight is 402 g/mol. The van der Waals surface area contributed by atoms with Crippen molar-refractivity contribution in [1.82, 2.24) is 10.2 Å². The number of rotatable bonds is 8. The van der Waals surface area contributed by atoms with Gasteiger partial charge in [-0.2, -0.15) is 0 Å². The largest absolute Gasteiger partial charge is 0.355 e. The van der Waals surface area contributed by atoms with Crippen LogP contribution in [0.3, 0.4) is 0 Å². The number of piperidine rings is 1. The third-order valence-corrected chi connectivity index (χ3v) is 6.54. The zero-order chi connectivity index (χ0) is 18.3. The van der Waals surface area contributed by atoms with Gasteiger partial charge in [-0.25, -0.2) is 0 Å². The SMILES string of the molecule is CCC(CC)(CN)C(=O)N1CCC(C(=O)NCCc2cccs2)CC1.Cl. The van der Waals surface area contributed by atoms with Crippen LogP contribution in [0.15, 0.2) is 17.5 Å². The Balaban J connectivity index is 0.00000338. The molecule has 2 rings (SSSR count). The van der Waals surface area contributed by atoms with Crippen LogP contribution in [0, 0.1) is 11.3 Å². The first-order valence-electron chi connectivity index (χ1n) is 9.35. The van der Waals surface area contributed by atoms with Crippen LogP contribution in [0.2, 0.25) is 0 Å². The molecule has 0 bridgehead atoms. The molecule has 5 nitrogen and oxygen atoms in total. The van der Waals surface area contributed by atoms with E-state index in [0.717, 1.165) is 32.1 Å². The Kier molecular flexibility index (Phi) is 9.61. The van der Waals surface area contributed by atoms with Crippen LogP contribution >= 0.6 is 23.7 Å². The number of thiophene rings is 1. The molecule has 0 aromatic carbocycles. The fraction of sp³-hybridized carbons (Fsp3) is 0.684. The molecule has 0 spiro atoms. The summed E-state index contributed by atoms with van der Waals surface area (Å²) in [4.78, 5) is 28.4. The van der Waals surface area contributed by atoms with E-state index in [1.165, 1.54) is 4.88 Å². The predicted octanol–water partition coefficient (Wildman–Crippen LogP) is 2.83. The molecule has 0 atom stereocenters. The predicted molar refractivity (Wildman–Crippen MR) is 110 cm³/mol. The first kappa shape index (κ1) is 22.9. The minimum absolute atomic E-state index is 0. The Morgan fingerprint density at radius 3 is 2.46 bits per heavy atom. The van der Waals surface area contributed by atoms with Crippen molar-refractivity contribution in [1.29, 1.82) is 0 Å². The highest BCUT2D eigenvalue weighted by molar-refractivity contribution is 7.09. The Hall–Kier alpha value is -1.11. The molecule has 2 heterocycles. The van der Waals surface area contributed by atoms with E-state index in [4.69, 9.17) is 5.73 Å². The molecule has 1 saturated heterocycles. The molecule has 1 aliphatic heterocycles. The van der Waals surface area contributed by atoms with Gasteiger partial charge < -0.3 is 16.0 Å². The van der Waals surface area contributed by atoms with Crippen molar-refractivity contribution in [2.75, 3.05) is 26.2 Å². The average Bonchev–Trinajstić information content (AvgIpc) is 3.17. The molecule has 148 valence electrons. The van der Waals surface area contributed by atoms with E-state index in [0.29, 0.717) is 26.2 Å². The molecule has 7 heteroatoms. The van der Waals surface area contributed by atoms with Crippen LogP contribution < -0.4 is 11.1 Å². The number of carbonyl (C=O) groups is 2. The molecular weight excluding hydrogens is 370 g/mol. The van der Waals surface area contributed by atoms with Gasteiger partial charge in [-0.3, -0.25) is 9.59 Å². The van der Waals surface area contributed by atoms with Crippen LogP contribution in [0.5, 0.6) is 0 Å². The van der Waals surface area contributed by atoms with E-state index >= 15 is 0 Å². The van der Waals surface area contributed by atoms with Crippen LogP contribution in [-0.4, -0.2) is 42.9 Å². The number of hydrogen-bond donors (Lipinski definition) is 2. The normalized spacial score (nSPS) is 15.4. The van der Waals surface area contributed by atoms with E-state index in [2.05, 4.69) is 16.8 Å². The van der Waals surface area contributed by atoms with Gasteiger partial charge in [-0.05, 0) is 43.6 Å². The number of halogens is 1. The third-order valence-electron chi connectivity index (χ3n) is 5.60. The highest BCUT2D eigenvalue weighted by Gasteiger charge is 2.38. The number of nitrogens with zero attached hydrogens (tertiary/aromatic N) is 1. The molecule has 26 heavy (non-hydrogen) atoms. The Labute approximate surface area is 167 Å². The number of nitrogens with two attached hydrogens (primary N) is 1. The minimum Gasteiger partial charge on any atom is -0.355 e. The lowest BCUT2D eigenvalue weighted by atomic mass is 9.80. The summed E-state index contributed by atoms with van der Waals surface area (Å²) in [5, 5.41) is 5.10. The summed E-state index contributed by atoms with van der Waals surface area (Å²) in [7, 11) is 0. The first-order chi connectivity index (χ1) is 12.1. The zero-order valence-electron chi connectivity index (χ0n) is 15.8. The van der Waals surface area contributed by atoms with Crippen molar-refractivity contribution in [3.05, 3.63) is 22.4 Å². The zero-order valence-corrected chi connectivity index (χ0v) is 17.5. The molecule has 1 fully saturated rings.